The first-order valence-electron chi connectivity index (χ1n) is 8.56. The van der Waals surface area contributed by atoms with Crippen LogP contribution >= 0.6 is 34.4 Å². The first-order valence-corrected chi connectivity index (χ1v) is 10.5. The summed E-state index contributed by atoms with van der Waals surface area (Å²) in [6.07, 6.45) is 4.54. The molecule has 1 aliphatic rings. The van der Waals surface area contributed by atoms with Crippen LogP contribution in [0.5, 0.6) is 0 Å². The fourth-order valence-corrected chi connectivity index (χ4v) is 4.16. The van der Waals surface area contributed by atoms with Gasteiger partial charge in [0, 0.05) is 22.4 Å². The van der Waals surface area contributed by atoms with E-state index in [-0.39, 0.29) is 16.4 Å². The molecule has 0 spiro atoms. The number of benzene rings is 1. The van der Waals surface area contributed by atoms with Gasteiger partial charge in [-0.2, -0.15) is 0 Å². The van der Waals surface area contributed by atoms with Gasteiger partial charge in [-0.1, -0.05) is 11.8 Å². The number of rotatable bonds is 4. The first kappa shape index (κ1) is 21.7. The summed E-state index contributed by atoms with van der Waals surface area (Å²) in [7, 11) is 0. The molecule has 7 nitrogen and oxygen atoms in total. The Morgan fingerprint density at radius 3 is 2.72 bits per heavy atom. The zero-order chi connectivity index (χ0) is 21.4. The number of carbonyl (C=O) groups is 1. The summed E-state index contributed by atoms with van der Waals surface area (Å²) in [5.41, 5.74) is 6.22. The number of alkyl halides is 1. The van der Waals surface area contributed by atoms with Crippen molar-refractivity contribution in [1.82, 2.24) is 9.97 Å². The molecule has 0 saturated heterocycles. The lowest BCUT2D eigenvalue weighted by molar-refractivity contribution is 0.102. The third-order valence-electron chi connectivity index (χ3n) is 4.20. The van der Waals surface area contributed by atoms with Crippen LogP contribution in [0.1, 0.15) is 35.6 Å². The normalized spacial score (nSPS) is 21.0. The predicted molar refractivity (Wildman–Crippen MR) is 120 cm³/mol. The lowest BCUT2D eigenvalue weighted by Crippen LogP contribution is -2.31. The minimum absolute atomic E-state index is 0.146. The van der Waals surface area contributed by atoms with Crippen LogP contribution in [0, 0.1) is 12.7 Å². The molecule has 0 bridgehead atoms. The van der Waals surface area contributed by atoms with E-state index in [1.807, 2.05) is 22.6 Å². The number of nitrogens with one attached hydrogen (secondary N) is 1. The Morgan fingerprint density at radius 2 is 2.10 bits per heavy atom. The van der Waals surface area contributed by atoms with Crippen molar-refractivity contribution in [2.45, 2.75) is 29.9 Å². The summed E-state index contributed by atoms with van der Waals surface area (Å²) < 4.78 is 13.5. The van der Waals surface area contributed by atoms with E-state index in [0.29, 0.717) is 16.3 Å². The second-order valence-corrected chi connectivity index (χ2v) is 10.0. The molecule has 2 aromatic rings. The van der Waals surface area contributed by atoms with Crippen LogP contribution in [0.15, 0.2) is 46.6 Å². The van der Waals surface area contributed by atoms with Gasteiger partial charge in [-0.3, -0.25) is 9.78 Å². The lowest BCUT2D eigenvalue weighted by atomic mass is 9.90. The average Bonchev–Trinajstić information content (AvgIpc) is 2.62. The fraction of sp³-hybridized carbons (Fsp3) is 0.263. The molecular formula is C19H19FIN5O2S. The third kappa shape index (κ3) is 4.93. The Kier molecular flexibility index (Phi) is 5.97. The Labute approximate surface area is 185 Å². The van der Waals surface area contributed by atoms with Crippen molar-refractivity contribution in [2.75, 3.05) is 5.32 Å². The second kappa shape index (κ2) is 8.00. The van der Waals surface area contributed by atoms with Gasteiger partial charge in [-0.25, -0.2) is 14.4 Å². The molecule has 3 rings (SSSR count). The van der Waals surface area contributed by atoms with Crippen LogP contribution in [0.3, 0.4) is 0 Å². The van der Waals surface area contributed by atoms with E-state index < -0.39 is 20.9 Å². The lowest BCUT2D eigenvalue weighted by Gasteiger charge is -2.31. The highest BCUT2D eigenvalue weighted by atomic mass is 127. The van der Waals surface area contributed by atoms with Gasteiger partial charge < -0.3 is 16.2 Å². The number of nitrogens with two attached hydrogens (primary N) is 1. The molecule has 1 amide bonds. The van der Waals surface area contributed by atoms with E-state index in [1.54, 1.807) is 26.8 Å². The molecule has 29 heavy (non-hydrogen) atoms. The zero-order valence-corrected chi connectivity index (χ0v) is 18.9. The summed E-state index contributed by atoms with van der Waals surface area (Å²) in [4.78, 5) is 25.4. The molecule has 4 N–H and O–H groups in total. The molecule has 0 fully saturated rings. The molecule has 152 valence electrons. The van der Waals surface area contributed by atoms with Gasteiger partial charge in [0.25, 0.3) is 5.91 Å². The van der Waals surface area contributed by atoms with Gasteiger partial charge in [0.05, 0.1) is 11.9 Å². The van der Waals surface area contributed by atoms with Crippen LogP contribution in [-0.2, 0) is 5.54 Å². The number of anilines is 1. The molecule has 10 heteroatoms. The highest BCUT2D eigenvalue weighted by Crippen LogP contribution is 2.43. The quantitative estimate of drug-likeness (QED) is 0.415. The highest BCUT2D eigenvalue weighted by molar-refractivity contribution is 14.1. The number of amides is 1. The molecule has 0 saturated carbocycles. The minimum atomic E-state index is -1.18. The van der Waals surface area contributed by atoms with Crippen molar-refractivity contribution in [3.05, 3.63) is 64.3 Å². The number of halogens is 2. The van der Waals surface area contributed by atoms with Crippen LogP contribution in [0.4, 0.5) is 10.1 Å². The maximum Gasteiger partial charge on any atom is 0.275 e. The zero-order valence-electron chi connectivity index (χ0n) is 15.9. The number of aromatic nitrogens is 2. The highest BCUT2D eigenvalue weighted by Gasteiger charge is 2.36. The Morgan fingerprint density at radius 1 is 1.38 bits per heavy atom. The van der Waals surface area contributed by atoms with E-state index in [2.05, 4.69) is 20.3 Å². The number of aliphatic hydroxyl groups is 1. The number of carbonyl (C=O) groups excluding carboxylic acids is 1. The van der Waals surface area contributed by atoms with E-state index in [4.69, 9.17) is 5.73 Å². The number of amidine groups is 1. The van der Waals surface area contributed by atoms with Crippen molar-refractivity contribution >= 4 is 51.1 Å². The van der Waals surface area contributed by atoms with Crippen LogP contribution in [0.25, 0.3) is 0 Å². The van der Waals surface area contributed by atoms with Gasteiger partial charge in [0.2, 0.25) is 0 Å². The summed E-state index contributed by atoms with van der Waals surface area (Å²) in [6, 6.07) is 4.20. The SMILES string of the molecule is Cc1cnc(C(=O)Nc2ccc(F)c([C@]3(C)C=C(C(C)(O)I)SC(N)=N3)c2)cn1. The van der Waals surface area contributed by atoms with Gasteiger partial charge in [-0.15, -0.1) is 0 Å². The maximum atomic E-state index is 14.7. The summed E-state index contributed by atoms with van der Waals surface area (Å²) >= 11 is 3.01. The molecule has 0 radical (unpaired) electrons. The number of thioether (sulfide) groups is 1. The standard InChI is InChI=1S/C19H19FIN5O2S/c1-10-8-24-14(9-23-10)16(27)25-11-4-5-13(20)12(6-11)18(2)7-15(19(3,21)28)29-17(22)26-18/h4-9,28H,1-3H3,(H2,22,26)(H,25,27)/t18-,19?/m0/s1. The van der Waals surface area contributed by atoms with E-state index in [1.165, 1.54) is 30.6 Å². The molecule has 2 atom stereocenters. The van der Waals surface area contributed by atoms with Crippen LogP contribution in [-0.4, -0.2) is 29.8 Å². The number of aliphatic imine (C=N–C) groups is 1. The summed E-state index contributed by atoms with van der Waals surface area (Å²) in [5, 5.41) is 13.3. The van der Waals surface area contributed by atoms with Crippen LogP contribution < -0.4 is 11.1 Å². The number of hydrogen-bond acceptors (Lipinski definition) is 7. The monoisotopic (exact) mass is 527 g/mol. The minimum Gasteiger partial charge on any atom is -0.378 e. The second-order valence-electron chi connectivity index (χ2n) is 6.85. The van der Waals surface area contributed by atoms with Gasteiger partial charge in [0.15, 0.2) is 5.17 Å². The van der Waals surface area contributed by atoms with Crippen molar-refractivity contribution in [2.24, 2.45) is 10.7 Å². The van der Waals surface area contributed by atoms with Crippen LogP contribution in [0.2, 0.25) is 0 Å². The van der Waals surface area contributed by atoms with Gasteiger partial charge >= 0.3 is 0 Å². The topological polar surface area (TPSA) is 113 Å². The van der Waals surface area contributed by atoms with E-state index in [9.17, 15) is 14.3 Å². The van der Waals surface area contributed by atoms with Crippen molar-refractivity contribution in [1.29, 1.82) is 0 Å². The van der Waals surface area contributed by atoms with Crippen molar-refractivity contribution in [3.63, 3.8) is 0 Å². The predicted octanol–water partition coefficient (Wildman–Crippen LogP) is 3.48. The summed E-state index contributed by atoms with van der Waals surface area (Å²) in [5.74, 6) is -0.971. The van der Waals surface area contributed by atoms with E-state index in [0.717, 1.165) is 11.8 Å². The molecule has 1 aromatic carbocycles. The van der Waals surface area contributed by atoms with Crippen molar-refractivity contribution in [3.8, 4) is 0 Å². The number of aryl methyl sites for hydroxylation is 1. The largest absolute Gasteiger partial charge is 0.378 e. The summed E-state index contributed by atoms with van der Waals surface area (Å²) in [6.45, 7) is 5.07. The third-order valence-corrected chi connectivity index (χ3v) is 6.18. The Bertz CT molecular complexity index is 1020. The molecule has 1 aliphatic heterocycles. The Balaban J connectivity index is 1.96. The molecule has 1 aromatic heterocycles. The molecule has 0 aliphatic carbocycles. The fourth-order valence-electron chi connectivity index (χ4n) is 2.74. The van der Waals surface area contributed by atoms with Gasteiger partial charge in [-0.05, 0) is 67.6 Å². The molecular weight excluding hydrogens is 508 g/mol. The molecule has 2 heterocycles. The number of hydrogen-bond donors (Lipinski definition) is 3. The first-order chi connectivity index (χ1) is 13.5. The van der Waals surface area contributed by atoms with E-state index >= 15 is 0 Å². The van der Waals surface area contributed by atoms with Gasteiger partial charge in [0.1, 0.15) is 20.7 Å². The Hall–Kier alpha value is -2.05. The number of nitrogens with zero attached hydrogens (tertiary/aromatic N) is 3. The van der Waals surface area contributed by atoms with Crippen molar-refractivity contribution < 1.29 is 14.3 Å². The molecule has 1 unspecified atom stereocenters. The smallest absolute Gasteiger partial charge is 0.275 e. The maximum absolute atomic E-state index is 14.7. The average molecular weight is 527 g/mol.